The number of hydrogen-bond donors (Lipinski definition) is 2. The normalized spacial score (nSPS) is 30.7. The summed E-state index contributed by atoms with van der Waals surface area (Å²) in [6, 6.07) is 0. The maximum Gasteiger partial charge on any atom is 0.223 e. The Kier molecular flexibility index (Phi) is 2.82. The van der Waals surface area contributed by atoms with Gasteiger partial charge in [0, 0.05) is 18.9 Å². The number of aromatic amines is 1. The van der Waals surface area contributed by atoms with Crippen molar-refractivity contribution in [3.8, 4) is 0 Å². The Bertz CT molecular complexity index is 377. The van der Waals surface area contributed by atoms with Gasteiger partial charge >= 0.3 is 0 Å². The van der Waals surface area contributed by atoms with Crippen LogP contribution in [-0.2, 0) is 11.2 Å². The monoisotopic (exact) mass is 234 g/mol. The van der Waals surface area contributed by atoms with Crippen LogP contribution in [0.2, 0.25) is 0 Å². The molecule has 0 aromatic carbocycles. The number of rotatable bonds is 4. The number of fused-ring (bicyclic) bond motifs is 1. The third-order valence-electron chi connectivity index (χ3n) is 4.09. The highest BCUT2D eigenvalue weighted by molar-refractivity contribution is 5.82. The highest BCUT2D eigenvalue weighted by Gasteiger charge is 2.54. The molecule has 0 aliphatic heterocycles. The van der Waals surface area contributed by atoms with Gasteiger partial charge in [-0.25, -0.2) is 4.98 Å². The van der Waals surface area contributed by atoms with Crippen molar-refractivity contribution in [1.82, 2.24) is 20.5 Å². The van der Waals surface area contributed by atoms with Gasteiger partial charge in [-0.2, -0.15) is 5.10 Å². The number of carbonyl (C=O) groups is 1. The first-order valence-corrected chi connectivity index (χ1v) is 6.48. The first kappa shape index (κ1) is 10.7. The molecule has 0 saturated heterocycles. The third kappa shape index (κ3) is 2.18. The maximum absolute atomic E-state index is 11.9. The average molecular weight is 234 g/mol. The topological polar surface area (TPSA) is 70.7 Å². The van der Waals surface area contributed by atoms with Gasteiger partial charge in [0.15, 0.2) is 0 Å². The van der Waals surface area contributed by atoms with E-state index in [0.29, 0.717) is 24.3 Å². The molecule has 1 aromatic rings. The van der Waals surface area contributed by atoms with E-state index in [1.807, 2.05) is 0 Å². The predicted molar refractivity (Wildman–Crippen MR) is 62.0 cm³/mol. The van der Waals surface area contributed by atoms with Crippen LogP contribution in [0.3, 0.4) is 0 Å². The number of amides is 1. The molecule has 5 heteroatoms. The smallest absolute Gasteiger partial charge is 0.223 e. The summed E-state index contributed by atoms with van der Waals surface area (Å²) in [4.78, 5) is 16.0. The standard InChI is InChI=1S/C12H18N4O/c17-12(11-8-3-1-2-4-9(8)11)13-6-5-10-14-7-15-16-10/h7-9,11H,1-6H2,(H,13,17)(H,14,15,16). The van der Waals surface area contributed by atoms with E-state index in [1.54, 1.807) is 0 Å². The van der Waals surface area contributed by atoms with Crippen LogP contribution >= 0.6 is 0 Å². The van der Waals surface area contributed by atoms with Gasteiger partial charge in [-0.1, -0.05) is 12.8 Å². The van der Waals surface area contributed by atoms with Gasteiger partial charge in [0.1, 0.15) is 12.2 Å². The highest BCUT2D eigenvalue weighted by atomic mass is 16.2. The molecule has 2 aliphatic rings. The minimum Gasteiger partial charge on any atom is -0.355 e. The lowest BCUT2D eigenvalue weighted by atomic mass is 10.0. The summed E-state index contributed by atoms with van der Waals surface area (Å²) in [5, 5.41) is 9.58. The fraction of sp³-hybridized carbons (Fsp3) is 0.750. The molecule has 1 aromatic heterocycles. The van der Waals surface area contributed by atoms with Crippen LogP contribution in [0.4, 0.5) is 0 Å². The van der Waals surface area contributed by atoms with Crippen LogP contribution in [0.1, 0.15) is 31.5 Å². The van der Waals surface area contributed by atoms with E-state index in [1.165, 1.54) is 32.0 Å². The van der Waals surface area contributed by atoms with E-state index in [2.05, 4.69) is 20.5 Å². The first-order chi connectivity index (χ1) is 8.36. The molecule has 2 atom stereocenters. The molecule has 92 valence electrons. The van der Waals surface area contributed by atoms with Crippen molar-refractivity contribution in [3.63, 3.8) is 0 Å². The van der Waals surface area contributed by atoms with Gasteiger partial charge in [0.25, 0.3) is 0 Å². The molecule has 17 heavy (non-hydrogen) atoms. The largest absolute Gasteiger partial charge is 0.355 e. The fourth-order valence-electron chi connectivity index (χ4n) is 3.15. The minimum atomic E-state index is 0.251. The van der Waals surface area contributed by atoms with Crippen molar-refractivity contribution in [2.75, 3.05) is 6.54 Å². The van der Waals surface area contributed by atoms with Crippen molar-refractivity contribution in [2.24, 2.45) is 17.8 Å². The molecule has 2 aliphatic carbocycles. The van der Waals surface area contributed by atoms with E-state index in [0.717, 1.165) is 12.2 Å². The van der Waals surface area contributed by atoms with E-state index >= 15 is 0 Å². The summed E-state index contributed by atoms with van der Waals surface area (Å²) >= 11 is 0. The van der Waals surface area contributed by atoms with E-state index in [4.69, 9.17) is 0 Å². The van der Waals surface area contributed by atoms with Gasteiger partial charge in [-0.05, 0) is 24.7 Å². The summed E-state index contributed by atoms with van der Waals surface area (Å²) in [7, 11) is 0. The zero-order valence-electron chi connectivity index (χ0n) is 9.85. The quantitative estimate of drug-likeness (QED) is 0.813. The summed E-state index contributed by atoms with van der Waals surface area (Å²) in [5.74, 6) is 2.77. The Balaban J connectivity index is 1.42. The average Bonchev–Trinajstić information content (AvgIpc) is 2.85. The molecule has 0 radical (unpaired) electrons. The third-order valence-corrected chi connectivity index (χ3v) is 4.09. The second kappa shape index (κ2) is 4.47. The molecule has 3 rings (SSSR count). The summed E-state index contributed by atoms with van der Waals surface area (Å²) in [5.41, 5.74) is 0. The first-order valence-electron chi connectivity index (χ1n) is 6.48. The van der Waals surface area contributed by atoms with Crippen LogP contribution in [0.25, 0.3) is 0 Å². The highest BCUT2D eigenvalue weighted by Crippen LogP contribution is 2.55. The molecular weight excluding hydrogens is 216 g/mol. The van der Waals surface area contributed by atoms with E-state index < -0.39 is 0 Å². The lowest BCUT2D eigenvalue weighted by Gasteiger charge is -2.04. The van der Waals surface area contributed by atoms with Crippen LogP contribution in [0, 0.1) is 17.8 Å². The second-order valence-electron chi connectivity index (χ2n) is 5.11. The van der Waals surface area contributed by atoms with Crippen LogP contribution < -0.4 is 5.32 Å². The van der Waals surface area contributed by atoms with Crippen molar-refractivity contribution in [2.45, 2.75) is 32.1 Å². The Labute approximate surface area is 100 Å². The van der Waals surface area contributed by atoms with Crippen molar-refractivity contribution in [3.05, 3.63) is 12.2 Å². The van der Waals surface area contributed by atoms with Crippen LogP contribution in [0.15, 0.2) is 6.33 Å². The molecule has 2 unspecified atom stereocenters. The number of nitrogens with one attached hydrogen (secondary N) is 2. The van der Waals surface area contributed by atoms with Crippen molar-refractivity contribution < 1.29 is 4.79 Å². The van der Waals surface area contributed by atoms with Gasteiger partial charge in [-0.15, -0.1) is 0 Å². The summed E-state index contributed by atoms with van der Waals surface area (Å²) in [6.45, 7) is 0.657. The molecule has 2 saturated carbocycles. The zero-order chi connectivity index (χ0) is 11.7. The van der Waals surface area contributed by atoms with E-state index in [9.17, 15) is 4.79 Å². The SMILES string of the molecule is O=C(NCCc1ncn[nH]1)C1C2CCCCC21. The number of nitrogens with zero attached hydrogens (tertiary/aromatic N) is 2. The van der Waals surface area contributed by atoms with Gasteiger partial charge in [0.05, 0.1) is 0 Å². The van der Waals surface area contributed by atoms with Crippen LogP contribution in [-0.4, -0.2) is 27.6 Å². The Morgan fingerprint density at radius 3 is 2.82 bits per heavy atom. The number of aromatic nitrogens is 3. The molecular formula is C12H18N4O. The molecule has 1 heterocycles. The van der Waals surface area contributed by atoms with Gasteiger partial charge in [-0.3, -0.25) is 9.89 Å². The Morgan fingerprint density at radius 1 is 1.41 bits per heavy atom. The Hall–Kier alpha value is -1.39. The molecule has 5 nitrogen and oxygen atoms in total. The van der Waals surface area contributed by atoms with Gasteiger partial charge < -0.3 is 5.32 Å². The molecule has 2 fully saturated rings. The number of hydrogen-bond acceptors (Lipinski definition) is 3. The fourth-order valence-corrected chi connectivity index (χ4v) is 3.15. The lowest BCUT2D eigenvalue weighted by molar-refractivity contribution is -0.122. The van der Waals surface area contributed by atoms with Gasteiger partial charge in [0.2, 0.25) is 5.91 Å². The molecule has 2 N–H and O–H groups in total. The zero-order valence-corrected chi connectivity index (χ0v) is 9.85. The van der Waals surface area contributed by atoms with Crippen LogP contribution in [0.5, 0.6) is 0 Å². The molecule has 1 amide bonds. The maximum atomic E-state index is 11.9. The number of carbonyl (C=O) groups excluding carboxylic acids is 1. The van der Waals surface area contributed by atoms with Crippen molar-refractivity contribution >= 4 is 5.91 Å². The number of H-pyrrole nitrogens is 1. The summed E-state index contributed by atoms with van der Waals surface area (Å²) < 4.78 is 0. The molecule has 0 bridgehead atoms. The summed E-state index contributed by atoms with van der Waals surface area (Å²) in [6.07, 6.45) is 7.35. The minimum absolute atomic E-state index is 0.251. The van der Waals surface area contributed by atoms with Crippen molar-refractivity contribution in [1.29, 1.82) is 0 Å². The Morgan fingerprint density at radius 2 is 2.18 bits per heavy atom. The van der Waals surface area contributed by atoms with E-state index in [-0.39, 0.29) is 5.91 Å². The second-order valence-corrected chi connectivity index (χ2v) is 5.11. The predicted octanol–water partition coefficient (Wildman–Crippen LogP) is 0.900. The lowest BCUT2D eigenvalue weighted by Crippen LogP contribution is -2.28. The molecule has 0 spiro atoms.